The number of allylic oxidation sites excluding steroid dienone is 28. The summed E-state index contributed by atoms with van der Waals surface area (Å²) in [5.41, 5.74) is 17.6. The van der Waals surface area contributed by atoms with Crippen molar-refractivity contribution in [1.82, 2.24) is 4.90 Å². The maximum Gasteiger partial charge on any atom is 0.137 e. The largest absolute Gasteiger partial charge is 0.460 e. The van der Waals surface area contributed by atoms with Crippen LogP contribution in [0.1, 0.15) is 155 Å². The first-order valence-electron chi connectivity index (χ1n) is 27.2. The Morgan fingerprint density at radius 1 is 0.901 bits per heavy atom. The minimum absolute atomic E-state index is 0.0756. The summed E-state index contributed by atoms with van der Waals surface area (Å²) >= 11 is 0. The van der Waals surface area contributed by atoms with Crippen molar-refractivity contribution in [1.29, 1.82) is 0 Å². The molecule has 4 aliphatic carbocycles. The van der Waals surface area contributed by atoms with Gasteiger partial charge in [0.2, 0.25) is 0 Å². The first kappa shape index (κ1) is 56.1. The van der Waals surface area contributed by atoms with Gasteiger partial charge in [0.25, 0.3) is 0 Å². The lowest BCUT2D eigenvalue weighted by Gasteiger charge is -2.42. The molecule has 5 unspecified atom stereocenters. The average Bonchev–Trinajstić information content (AvgIpc) is 3.72. The average molecular weight is 948 g/mol. The Morgan fingerprint density at radius 2 is 1.68 bits per heavy atom. The van der Waals surface area contributed by atoms with Crippen LogP contribution in [0.15, 0.2) is 221 Å². The van der Waals surface area contributed by atoms with Crippen LogP contribution >= 0.6 is 0 Å². The third kappa shape index (κ3) is 14.2. The molecule has 1 aromatic heterocycles. The van der Waals surface area contributed by atoms with Crippen LogP contribution < -0.4 is 0 Å². The van der Waals surface area contributed by atoms with E-state index >= 15 is 0 Å². The third-order valence-electron chi connectivity index (χ3n) is 15.1. The molecule has 0 radical (unpaired) electrons. The fourth-order valence-electron chi connectivity index (χ4n) is 11.1. The van der Waals surface area contributed by atoms with Gasteiger partial charge in [-0.25, -0.2) is 0 Å². The van der Waals surface area contributed by atoms with E-state index < -0.39 is 0 Å². The number of nitrogens with zero attached hydrogens (tertiary/aromatic N) is 1. The smallest absolute Gasteiger partial charge is 0.137 e. The van der Waals surface area contributed by atoms with Crippen molar-refractivity contribution in [2.45, 2.75) is 151 Å². The summed E-state index contributed by atoms with van der Waals surface area (Å²) in [5, 5.41) is 0. The van der Waals surface area contributed by atoms with Crippen LogP contribution in [0.5, 0.6) is 0 Å². The molecule has 0 saturated heterocycles. The fraction of sp³-hybridized carbons (Fsp3) is 0.391. The number of furan rings is 1. The molecule has 5 atom stereocenters. The second-order valence-electron chi connectivity index (χ2n) is 20.0. The summed E-state index contributed by atoms with van der Waals surface area (Å²) in [5.74, 6) is 3.44. The summed E-state index contributed by atoms with van der Waals surface area (Å²) in [6, 6.07) is 0.0756. The maximum atomic E-state index is 7.07. The van der Waals surface area contributed by atoms with Gasteiger partial charge in [0.1, 0.15) is 11.5 Å². The van der Waals surface area contributed by atoms with E-state index in [0.29, 0.717) is 11.8 Å². The van der Waals surface area contributed by atoms with Gasteiger partial charge in [-0.2, -0.15) is 0 Å². The molecule has 2 nitrogen and oxygen atoms in total. The van der Waals surface area contributed by atoms with Gasteiger partial charge >= 0.3 is 0 Å². The van der Waals surface area contributed by atoms with Gasteiger partial charge in [-0.05, 0) is 183 Å². The van der Waals surface area contributed by atoms with E-state index in [2.05, 4.69) is 184 Å². The normalized spacial score (nSPS) is 21.0. The van der Waals surface area contributed by atoms with E-state index in [-0.39, 0.29) is 17.9 Å². The van der Waals surface area contributed by atoms with E-state index in [0.717, 1.165) is 105 Å². The highest BCUT2D eigenvalue weighted by Crippen LogP contribution is 2.49. The van der Waals surface area contributed by atoms with Gasteiger partial charge in [0.05, 0.1) is 6.04 Å². The minimum Gasteiger partial charge on any atom is -0.460 e. The van der Waals surface area contributed by atoms with Crippen LogP contribution in [0.3, 0.4) is 0 Å². The van der Waals surface area contributed by atoms with Crippen molar-refractivity contribution in [2.75, 3.05) is 0 Å². The van der Waals surface area contributed by atoms with Crippen LogP contribution in [-0.4, -0.2) is 10.9 Å². The molecular weight excluding hydrogens is 859 g/mol. The Kier molecular flexibility index (Phi) is 22.3. The van der Waals surface area contributed by atoms with Crippen LogP contribution in [0, 0.1) is 30.6 Å². The van der Waals surface area contributed by atoms with Crippen molar-refractivity contribution in [3.63, 3.8) is 0 Å². The molecule has 2 heteroatoms. The number of hydrogen-bond donors (Lipinski definition) is 0. The third-order valence-corrected chi connectivity index (χ3v) is 15.1. The van der Waals surface area contributed by atoms with Crippen LogP contribution in [-0.2, 0) is 6.42 Å². The van der Waals surface area contributed by atoms with Gasteiger partial charge in [-0.1, -0.05) is 190 Å². The topological polar surface area (TPSA) is 16.4 Å². The first-order chi connectivity index (χ1) is 34.4. The molecule has 5 rings (SSSR count). The van der Waals surface area contributed by atoms with Crippen LogP contribution in [0.25, 0.3) is 11.6 Å². The van der Waals surface area contributed by atoms with Gasteiger partial charge in [0.15, 0.2) is 0 Å². The van der Waals surface area contributed by atoms with E-state index in [1.54, 1.807) is 0 Å². The molecule has 376 valence electrons. The molecule has 0 fully saturated rings. The Balaban J connectivity index is 1.70. The summed E-state index contributed by atoms with van der Waals surface area (Å²) in [6.45, 7) is 44.3. The molecule has 4 aliphatic rings. The Hall–Kier alpha value is -5.86. The van der Waals surface area contributed by atoms with Crippen molar-refractivity contribution in [3.8, 4) is 0 Å². The number of rotatable bonds is 26. The van der Waals surface area contributed by atoms with Gasteiger partial charge < -0.3 is 9.32 Å². The number of fused-ring (bicyclic) bond motifs is 2. The van der Waals surface area contributed by atoms with E-state index in [4.69, 9.17) is 17.6 Å². The Morgan fingerprint density at radius 3 is 2.37 bits per heavy atom. The van der Waals surface area contributed by atoms with Gasteiger partial charge in [-0.15, -0.1) is 0 Å². The number of unbranched alkanes of at least 4 members (excludes halogenated alkanes) is 1. The fourth-order valence-corrected chi connectivity index (χ4v) is 11.1. The molecule has 71 heavy (non-hydrogen) atoms. The van der Waals surface area contributed by atoms with Gasteiger partial charge in [-0.3, -0.25) is 0 Å². The summed E-state index contributed by atoms with van der Waals surface area (Å²) < 4.78 is 7.07. The van der Waals surface area contributed by atoms with Crippen molar-refractivity contribution in [3.05, 3.63) is 239 Å². The molecule has 0 aliphatic heterocycles. The van der Waals surface area contributed by atoms with Crippen molar-refractivity contribution >= 4 is 11.6 Å². The number of hydrogen-bond acceptors (Lipinski definition) is 2. The minimum atomic E-state index is 0.0756. The molecule has 1 aromatic rings. The Bertz CT molecular complexity index is 2540. The molecule has 0 spiro atoms. The quantitative estimate of drug-likeness (QED) is 0.0680. The van der Waals surface area contributed by atoms with E-state index in [1.165, 1.54) is 74.3 Å². The molecule has 0 bridgehead atoms. The lowest BCUT2D eigenvalue weighted by Crippen LogP contribution is -2.39. The van der Waals surface area contributed by atoms with Crippen LogP contribution in [0.2, 0.25) is 0 Å². The molecule has 0 amide bonds. The molecule has 0 saturated carbocycles. The number of aryl methyl sites for hydroxylation is 1. The van der Waals surface area contributed by atoms with E-state index in [9.17, 15) is 0 Å². The zero-order valence-electron chi connectivity index (χ0n) is 45.4. The van der Waals surface area contributed by atoms with Crippen molar-refractivity contribution < 1.29 is 4.42 Å². The van der Waals surface area contributed by atoms with Gasteiger partial charge in [0, 0.05) is 34.5 Å². The second-order valence-corrected chi connectivity index (χ2v) is 20.0. The molecular formula is C69H89NO. The SMILES string of the molecule is C=C/C=C\C(=C)C1=Cc2c(oc(/C(=C\C(C)CC/C=C\CC)C3=CC(N(C(=C)C=C)C(/C=C(\CC)C4=C5CCC=CC5=C(C(=C)/C=C\C=C/C)C(C(C)/C=C\C=C)C4)=C/C)C(CCCC)CC3)c2C)CC1. The second kappa shape index (κ2) is 28.2. The van der Waals surface area contributed by atoms with E-state index in [1.807, 2.05) is 24.3 Å². The summed E-state index contributed by atoms with van der Waals surface area (Å²) in [7, 11) is 0. The van der Waals surface area contributed by atoms with Crippen molar-refractivity contribution in [2.24, 2.45) is 23.7 Å². The zero-order valence-corrected chi connectivity index (χ0v) is 45.4. The standard InChI is InChI=1S/C69H89NO/c1-15-23-28-30-33-49(9)44-65(69-54(14)63-46-57(42-43-67(63)71-69)50(10)34-25-17-3)58-41-40-56(37-27-19-5)66(47-58)70(53(13)20-6)59(22-8)45-55(21-7)64-48-62(51(11)35-26-18-4)68(52(12)36-29-24-16-2)61-39-32-31-38-60(61)64/h16-18,20,22-26,28-29,32,34-36,39,44-47,49,51,56,62,66H,3-4,6,10,12-13,15,19,21,27,30-31,33,37-38,40-43,48H2,1-2,5,7-9,11,14H3/b24-16-,28-23-,34-25-,35-26-,36-29-,55-45+,59-22+,65-44-. The summed E-state index contributed by atoms with van der Waals surface area (Å²) in [4.78, 5) is 2.54. The predicted octanol–water partition coefficient (Wildman–Crippen LogP) is 20.1. The molecule has 1 heterocycles. The highest BCUT2D eigenvalue weighted by molar-refractivity contribution is 5.82. The lowest BCUT2D eigenvalue weighted by molar-refractivity contribution is 0.242. The molecule has 0 aromatic carbocycles. The first-order valence-corrected chi connectivity index (χ1v) is 27.2. The summed E-state index contributed by atoms with van der Waals surface area (Å²) in [6.07, 6.45) is 58.8. The lowest BCUT2D eigenvalue weighted by atomic mass is 9.67. The predicted molar refractivity (Wildman–Crippen MR) is 314 cm³/mol. The van der Waals surface area contributed by atoms with Crippen LogP contribution in [0.4, 0.5) is 0 Å². The zero-order chi connectivity index (χ0) is 51.5. The highest BCUT2D eigenvalue weighted by atomic mass is 16.3. The monoisotopic (exact) mass is 948 g/mol. The Labute approximate surface area is 433 Å². The molecule has 0 N–H and O–H groups in total. The maximum absolute atomic E-state index is 7.07. The highest BCUT2D eigenvalue weighted by Gasteiger charge is 2.36.